The van der Waals surface area contributed by atoms with Crippen LogP contribution in [0.3, 0.4) is 0 Å². The Morgan fingerprint density at radius 2 is 2.06 bits per heavy atom. The van der Waals surface area contributed by atoms with Crippen LogP contribution in [0.25, 0.3) is 0 Å². The van der Waals surface area contributed by atoms with Gasteiger partial charge in [0.05, 0.1) is 6.61 Å². The van der Waals surface area contributed by atoms with Crippen LogP contribution in [0.4, 0.5) is 0 Å². The lowest BCUT2D eigenvalue weighted by Crippen LogP contribution is -2.21. The third kappa shape index (κ3) is 3.39. The molecule has 1 unspecified atom stereocenters. The number of hydrogen-bond donors (Lipinski definition) is 1. The van der Waals surface area contributed by atoms with Crippen molar-refractivity contribution in [3.63, 3.8) is 0 Å². The number of hydrogen-bond acceptors (Lipinski definition) is 2. The molecule has 16 heavy (non-hydrogen) atoms. The fourth-order valence-electron chi connectivity index (χ4n) is 1.57. The molecule has 90 valence electrons. The predicted octanol–water partition coefficient (Wildman–Crippen LogP) is 3.33. The summed E-state index contributed by atoms with van der Waals surface area (Å²) in [5.74, 6) is 0.910. The summed E-state index contributed by atoms with van der Waals surface area (Å²) in [7, 11) is 0. The molecule has 0 saturated carbocycles. The van der Waals surface area contributed by atoms with E-state index >= 15 is 0 Å². The first kappa shape index (κ1) is 13.3. The smallest absolute Gasteiger partial charge is 0.122 e. The lowest BCUT2D eigenvalue weighted by atomic mass is 10.0. The highest BCUT2D eigenvalue weighted by atomic mass is 35.5. The fraction of sp³-hybridized carbons (Fsp3) is 0.538. The average Bonchev–Trinajstić information content (AvgIpc) is 2.25. The van der Waals surface area contributed by atoms with Crippen molar-refractivity contribution >= 4 is 11.6 Å². The molecule has 0 aliphatic heterocycles. The maximum atomic E-state index is 6.12. The molecule has 3 heteroatoms. The van der Waals surface area contributed by atoms with Crippen molar-refractivity contribution in [2.45, 2.75) is 39.7 Å². The van der Waals surface area contributed by atoms with Crippen LogP contribution in [0.5, 0.6) is 5.75 Å². The summed E-state index contributed by atoms with van der Waals surface area (Å²) in [6.07, 6.45) is 1.77. The second kappa shape index (κ2) is 6.12. The third-order valence-corrected chi connectivity index (χ3v) is 3.06. The van der Waals surface area contributed by atoms with Crippen LogP contribution in [0.2, 0.25) is 5.02 Å². The summed E-state index contributed by atoms with van der Waals surface area (Å²) in [5.41, 5.74) is 8.10. The summed E-state index contributed by atoms with van der Waals surface area (Å²) in [5, 5.41) is 0.779. The van der Waals surface area contributed by atoms with E-state index in [1.54, 1.807) is 0 Å². The lowest BCUT2D eigenvalue weighted by Gasteiger charge is -2.15. The Bertz CT molecular complexity index is 352. The molecule has 0 amide bonds. The van der Waals surface area contributed by atoms with Crippen LogP contribution >= 0.6 is 11.6 Å². The molecule has 1 aromatic carbocycles. The Kier molecular flexibility index (Phi) is 5.10. The molecule has 0 heterocycles. The number of rotatable bonds is 5. The zero-order valence-corrected chi connectivity index (χ0v) is 11.0. The largest absolute Gasteiger partial charge is 0.494 e. The number of halogens is 1. The Morgan fingerprint density at radius 3 is 2.62 bits per heavy atom. The van der Waals surface area contributed by atoms with Crippen LogP contribution < -0.4 is 10.5 Å². The molecule has 0 aliphatic rings. The van der Waals surface area contributed by atoms with E-state index in [2.05, 4.69) is 6.92 Å². The van der Waals surface area contributed by atoms with Crippen LogP contribution in [0.15, 0.2) is 12.1 Å². The summed E-state index contributed by atoms with van der Waals surface area (Å²) in [6.45, 7) is 6.71. The van der Waals surface area contributed by atoms with Gasteiger partial charge in [0.2, 0.25) is 0 Å². The van der Waals surface area contributed by atoms with Crippen molar-refractivity contribution in [1.82, 2.24) is 0 Å². The van der Waals surface area contributed by atoms with E-state index in [9.17, 15) is 0 Å². The van der Waals surface area contributed by atoms with Gasteiger partial charge in [-0.1, -0.05) is 18.5 Å². The average molecular weight is 242 g/mol. The van der Waals surface area contributed by atoms with Crippen molar-refractivity contribution < 1.29 is 4.74 Å². The second-order valence-electron chi connectivity index (χ2n) is 4.01. The highest BCUT2D eigenvalue weighted by Gasteiger charge is 2.10. The molecule has 0 aliphatic carbocycles. The summed E-state index contributed by atoms with van der Waals surface area (Å²) >= 11 is 6.12. The first-order valence-electron chi connectivity index (χ1n) is 5.75. The van der Waals surface area contributed by atoms with Gasteiger partial charge in [0.15, 0.2) is 0 Å². The van der Waals surface area contributed by atoms with Crippen LogP contribution in [0, 0.1) is 6.92 Å². The molecular weight excluding hydrogens is 222 g/mol. The molecule has 1 rings (SSSR count). The van der Waals surface area contributed by atoms with Crippen molar-refractivity contribution in [3.05, 3.63) is 28.3 Å². The maximum Gasteiger partial charge on any atom is 0.122 e. The first-order valence-corrected chi connectivity index (χ1v) is 6.13. The number of nitrogens with two attached hydrogens (primary N) is 1. The minimum absolute atomic E-state index is 0.165. The lowest BCUT2D eigenvalue weighted by molar-refractivity contribution is 0.335. The SMILES string of the molecule is CCOc1cc(C)c(Cl)cc1CC(N)CC. The highest BCUT2D eigenvalue weighted by molar-refractivity contribution is 6.31. The molecule has 1 atom stereocenters. The van der Waals surface area contributed by atoms with Gasteiger partial charge in [-0.25, -0.2) is 0 Å². The van der Waals surface area contributed by atoms with Gasteiger partial charge in [0.25, 0.3) is 0 Å². The monoisotopic (exact) mass is 241 g/mol. The molecule has 0 aromatic heterocycles. The molecule has 0 radical (unpaired) electrons. The molecule has 0 spiro atoms. The van der Waals surface area contributed by atoms with E-state index < -0.39 is 0 Å². The highest BCUT2D eigenvalue weighted by Crippen LogP contribution is 2.27. The molecule has 2 nitrogen and oxygen atoms in total. The van der Waals surface area contributed by atoms with Gasteiger partial charge in [-0.05, 0) is 49.9 Å². The van der Waals surface area contributed by atoms with E-state index in [1.165, 1.54) is 0 Å². The van der Waals surface area contributed by atoms with Gasteiger partial charge in [0.1, 0.15) is 5.75 Å². The summed E-state index contributed by atoms with van der Waals surface area (Å²) in [4.78, 5) is 0. The maximum absolute atomic E-state index is 6.12. The van der Waals surface area contributed by atoms with Gasteiger partial charge in [0, 0.05) is 11.1 Å². The minimum Gasteiger partial charge on any atom is -0.494 e. The number of benzene rings is 1. The van der Waals surface area contributed by atoms with Gasteiger partial charge >= 0.3 is 0 Å². The van der Waals surface area contributed by atoms with E-state index in [-0.39, 0.29) is 6.04 Å². The van der Waals surface area contributed by atoms with Crippen molar-refractivity contribution in [3.8, 4) is 5.75 Å². The molecular formula is C13H20ClNO. The molecule has 1 aromatic rings. The van der Waals surface area contributed by atoms with Crippen LogP contribution in [-0.2, 0) is 6.42 Å². The quantitative estimate of drug-likeness (QED) is 0.858. The number of ether oxygens (including phenoxy) is 1. The van der Waals surface area contributed by atoms with Gasteiger partial charge in [-0.2, -0.15) is 0 Å². The fourth-order valence-corrected chi connectivity index (χ4v) is 1.76. The Balaban J connectivity index is 2.99. The van der Waals surface area contributed by atoms with Gasteiger partial charge < -0.3 is 10.5 Å². The van der Waals surface area contributed by atoms with E-state index in [0.29, 0.717) is 6.61 Å². The molecule has 0 saturated heterocycles. The van der Waals surface area contributed by atoms with Crippen LogP contribution in [-0.4, -0.2) is 12.6 Å². The van der Waals surface area contributed by atoms with E-state index in [1.807, 2.05) is 26.0 Å². The normalized spacial score (nSPS) is 12.6. The Morgan fingerprint density at radius 1 is 1.38 bits per heavy atom. The predicted molar refractivity (Wildman–Crippen MR) is 69.3 cm³/mol. The molecule has 0 bridgehead atoms. The Labute approximate surface area is 103 Å². The number of aryl methyl sites for hydroxylation is 1. The summed E-state index contributed by atoms with van der Waals surface area (Å²) < 4.78 is 5.60. The van der Waals surface area contributed by atoms with Crippen molar-refractivity contribution in [2.75, 3.05) is 6.61 Å². The van der Waals surface area contributed by atoms with Crippen LogP contribution in [0.1, 0.15) is 31.4 Å². The van der Waals surface area contributed by atoms with Gasteiger partial charge in [-0.15, -0.1) is 0 Å². The van der Waals surface area contributed by atoms with E-state index in [4.69, 9.17) is 22.1 Å². The topological polar surface area (TPSA) is 35.2 Å². The van der Waals surface area contributed by atoms with Gasteiger partial charge in [-0.3, -0.25) is 0 Å². The molecule has 0 fully saturated rings. The standard InChI is InChI=1S/C13H20ClNO/c1-4-11(15)7-10-8-12(14)9(3)6-13(10)16-5-2/h6,8,11H,4-5,7,15H2,1-3H3. The zero-order chi connectivity index (χ0) is 12.1. The minimum atomic E-state index is 0.165. The zero-order valence-electron chi connectivity index (χ0n) is 10.2. The van der Waals surface area contributed by atoms with Crippen molar-refractivity contribution in [2.24, 2.45) is 5.73 Å². The molecule has 2 N–H and O–H groups in total. The summed E-state index contributed by atoms with van der Waals surface area (Å²) in [6, 6.07) is 4.12. The first-order chi connectivity index (χ1) is 7.58. The second-order valence-corrected chi connectivity index (χ2v) is 4.42. The Hall–Kier alpha value is -0.730. The third-order valence-electron chi connectivity index (χ3n) is 2.65. The van der Waals surface area contributed by atoms with E-state index in [0.717, 1.165) is 34.7 Å². The van der Waals surface area contributed by atoms with Crippen molar-refractivity contribution in [1.29, 1.82) is 0 Å².